The number of benzene rings is 8. The molecular weight excluding hydrogens is 703 g/mol. The van der Waals surface area contributed by atoms with E-state index in [1.807, 2.05) is 47.7 Å². The van der Waals surface area contributed by atoms with E-state index in [9.17, 15) is 0 Å². The van der Waals surface area contributed by atoms with Gasteiger partial charge in [-0.05, 0) is 75.8 Å². The van der Waals surface area contributed by atoms with Crippen molar-refractivity contribution in [2.45, 2.75) is 0 Å². The zero-order valence-corrected chi connectivity index (χ0v) is 30.9. The van der Waals surface area contributed by atoms with Crippen LogP contribution in [0.2, 0.25) is 0 Å². The van der Waals surface area contributed by atoms with Gasteiger partial charge in [0.1, 0.15) is 11.2 Å². The summed E-state index contributed by atoms with van der Waals surface area (Å²) in [7, 11) is 0. The highest BCUT2D eigenvalue weighted by Crippen LogP contribution is 2.43. The molecule has 0 saturated heterocycles. The number of hydrogen-bond donors (Lipinski definition) is 0. The summed E-state index contributed by atoms with van der Waals surface area (Å²) < 4.78 is 8.99. The molecule has 56 heavy (non-hydrogen) atoms. The van der Waals surface area contributed by atoms with Crippen molar-refractivity contribution in [3.63, 3.8) is 0 Å². The molecule has 0 aliphatic carbocycles. The lowest BCUT2D eigenvalue weighted by molar-refractivity contribution is 0.669. The van der Waals surface area contributed by atoms with E-state index in [0.717, 1.165) is 66.4 Å². The maximum absolute atomic E-state index is 6.45. The molecule has 0 N–H and O–H groups in total. The average Bonchev–Trinajstić information content (AvgIpc) is 3.85. The Morgan fingerprint density at radius 3 is 1.71 bits per heavy atom. The van der Waals surface area contributed by atoms with Gasteiger partial charge in [0.25, 0.3) is 0 Å². The highest BCUT2D eigenvalue weighted by atomic mass is 32.1. The maximum atomic E-state index is 6.45. The summed E-state index contributed by atoms with van der Waals surface area (Å²) >= 11 is 1.84. The molecule has 0 bridgehead atoms. The van der Waals surface area contributed by atoms with E-state index in [1.165, 1.54) is 25.7 Å². The number of aromatic nitrogens is 3. The van der Waals surface area contributed by atoms with Crippen LogP contribution < -0.4 is 0 Å². The lowest BCUT2D eigenvalue weighted by Gasteiger charge is -2.13. The predicted octanol–water partition coefficient (Wildman–Crippen LogP) is 14.1. The number of furan rings is 1. The van der Waals surface area contributed by atoms with Gasteiger partial charge in [-0.1, -0.05) is 146 Å². The Balaban J connectivity index is 1.16. The van der Waals surface area contributed by atoms with E-state index in [2.05, 4.69) is 152 Å². The highest BCUT2D eigenvalue weighted by Gasteiger charge is 2.20. The minimum atomic E-state index is 0.588. The highest BCUT2D eigenvalue weighted by molar-refractivity contribution is 7.26. The zero-order chi connectivity index (χ0) is 37.0. The van der Waals surface area contributed by atoms with Crippen LogP contribution in [-0.2, 0) is 0 Å². The van der Waals surface area contributed by atoms with Gasteiger partial charge in [-0.25, -0.2) is 15.0 Å². The van der Waals surface area contributed by atoms with Crippen LogP contribution in [0.15, 0.2) is 192 Å². The number of fused-ring (bicyclic) bond motifs is 6. The van der Waals surface area contributed by atoms with Gasteiger partial charge in [-0.15, -0.1) is 11.3 Å². The van der Waals surface area contributed by atoms with E-state index < -0.39 is 0 Å². The van der Waals surface area contributed by atoms with E-state index in [0.29, 0.717) is 17.5 Å². The summed E-state index contributed by atoms with van der Waals surface area (Å²) in [6.45, 7) is 0. The molecule has 0 aliphatic heterocycles. The van der Waals surface area contributed by atoms with Crippen LogP contribution in [0.1, 0.15) is 0 Å². The fourth-order valence-corrected chi connectivity index (χ4v) is 9.09. The van der Waals surface area contributed by atoms with Gasteiger partial charge in [0.15, 0.2) is 17.5 Å². The predicted molar refractivity (Wildman–Crippen MR) is 233 cm³/mol. The van der Waals surface area contributed by atoms with E-state index >= 15 is 0 Å². The minimum absolute atomic E-state index is 0.588. The first-order valence-corrected chi connectivity index (χ1v) is 19.5. The summed E-state index contributed by atoms with van der Waals surface area (Å²) in [5.74, 6) is 1.80. The lowest BCUT2D eigenvalue weighted by Crippen LogP contribution is -2.01. The first-order valence-electron chi connectivity index (χ1n) is 18.7. The smallest absolute Gasteiger partial charge is 0.164 e. The summed E-state index contributed by atoms with van der Waals surface area (Å²) in [6.07, 6.45) is 0. The standard InChI is InChI=1S/C51H31N3OS/c1-4-14-32(15-5-1)35-26-27-44-43(31-35)47-42(23-13-24-45(47)55-44)51-53-49(34-18-8-3-9-19-34)52-50(54-51)38-29-36(33-16-6-2-7-17-33)28-37(30-38)39-21-12-22-41-40-20-10-11-25-46(40)56-48(39)41/h1-31H. The third-order valence-electron chi connectivity index (χ3n) is 10.5. The molecule has 0 unspecified atom stereocenters. The summed E-state index contributed by atoms with van der Waals surface area (Å²) in [6, 6.07) is 65.7. The molecule has 0 atom stereocenters. The third kappa shape index (κ3) is 5.56. The molecule has 8 aromatic carbocycles. The first-order chi connectivity index (χ1) is 27.7. The molecule has 262 valence electrons. The SMILES string of the molecule is c1ccc(-c2cc(-c3nc(-c4ccccc4)nc(-c4cccc5oc6ccc(-c7ccccc7)cc6c45)n3)cc(-c3cccc4c3sc3ccccc34)c2)cc1. The van der Waals surface area contributed by atoms with Gasteiger partial charge in [-0.2, -0.15) is 0 Å². The molecule has 3 heterocycles. The molecule has 5 heteroatoms. The Morgan fingerprint density at radius 1 is 0.339 bits per heavy atom. The van der Waals surface area contributed by atoms with Crippen LogP contribution in [0.3, 0.4) is 0 Å². The fourth-order valence-electron chi connectivity index (χ4n) is 7.85. The van der Waals surface area contributed by atoms with Gasteiger partial charge in [0.05, 0.1) is 0 Å². The fraction of sp³-hybridized carbons (Fsp3) is 0. The quantitative estimate of drug-likeness (QED) is 0.171. The van der Waals surface area contributed by atoms with Crippen molar-refractivity contribution in [2.75, 3.05) is 0 Å². The Hall–Kier alpha value is -7.21. The number of rotatable bonds is 6. The van der Waals surface area contributed by atoms with E-state index in [4.69, 9.17) is 19.4 Å². The van der Waals surface area contributed by atoms with Crippen LogP contribution in [0.25, 0.3) is 110 Å². The monoisotopic (exact) mass is 733 g/mol. The van der Waals surface area contributed by atoms with Crippen molar-refractivity contribution >= 4 is 53.4 Å². The Labute approximate surface area is 327 Å². The van der Waals surface area contributed by atoms with Crippen LogP contribution in [0, 0.1) is 0 Å². The summed E-state index contributed by atoms with van der Waals surface area (Å²) in [4.78, 5) is 15.7. The van der Waals surface area contributed by atoms with Crippen LogP contribution in [0.4, 0.5) is 0 Å². The minimum Gasteiger partial charge on any atom is -0.456 e. The normalized spacial score (nSPS) is 11.6. The molecule has 3 aromatic heterocycles. The zero-order valence-electron chi connectivity index (χ0n) is 30.1. The van der Waals surface area contributed by atoms with Crippen molar-refractivity contribution in [3.05, 3.63) is 188 Å². The first kappa shape index (κ1) is 32.2. The molecule has 11 rings (SSSR count). The molecular formula is C51H31N3OS. The van der Waals surface area contributed by atoms with Crippen LogP contribution in [-0.4, -0.2) is 15.0 Å². The average molecular weight is 734 g/mol. The molecule has 0 saturated carbocycles. The molecule has 0 spiro atoms. The van der Waals surface area contributed by atoms with Crippen molar-refractivity contribution in [1.29, 1.82) is 0 Å². The van der Waals surface area contributed by atoms with Crippen molar-refractivity contribution in [2.24, 2.45) is 0 Å². The second-order valence-electron chi connectivity index (χ2n) is 14.0. The van der Waals surface area contributed by atoms with Gasteiger partial charge < -0.3 is 4.42 Å². The van der Waals surface area contributed by atoms with Crippen molar-refractivity contribution in [1.82, 2.24) is 15.0 Å². The van der Waals surface area contributed by atoms with Crippen LogP contribution in [0.5, 0.6) is 0 Å². The van der Waals surface area contributed by atoms with Crippen LogP contribution >= 0.6 is 11.3 Å². The molecule has 0 fully saturated rings. The Morgan fingerprint density at radius 2 is 0.929 bits per heavy atom. The van der Waals surface area contributed by atoms with E-state index in [-0.39, 0.29) is 0 Å². The molecule has 11 aromatic rings. The topological polar surface area (TPSA) is 51.8 Å². The second-order valence-corrected chi connectivity index (χ2v) is 15.0. The summed E-state index contributed by atoms with van der Waals surface area (Å²) in [5.41, 5.74) is 11.1. The molecule has 0 aliphatic rings. The third-order valence-corrected chi connectivity index (χ3v) is 11.7. The van der Waals surface area contributed by atoms with E-state index in [1.54, 1.807) is 0 Å². The molecule has 0 amide bonds. The number of thiophene rings is 1. The van der Waals surface area contributed by atoms with Gasteiger partial charge in [0, 0.05) is 47.6 Å². The lowest BCUT2D eigenvalue weighted by atomic mass is 9.95. The number of hydrogen-bond acceptors (Lipinski definition) is 5. The second kappa shape index (κ2) is 13.3. The number of nitrogens with zero attached hydrogens (tertiary/aromatic N) is 3. The van der Waals surface area contributed by atoms with Gasteiger partial charge in [-0.3, -0.25) is 0 Å². The van der Waals surface area contributed by atoms with Gasteiger partial charge >= 0.3 is 0 Å². The Bertz CT molecular complexity index is 3240. The largest absolute Gasteiger partial charge is 0.456 e. The van der Waals surface area contributed by atoms with Crippen molar-refractivity contribution < 1.29 is 4.42 Å². The van der Waals surface area contributed by atoms with Crippen molar-refractivity contribution in [3.8, 4) is 67.5 Å². The summed E-state index contributed by atoms with van der Waals surface area (Å²) in [5, 5.41) is 4.54. The molecule has 0 radical (unpaired) electrons. The Kier molecular flexibility index (Phi) is 7.64. The molecule has 4 nitrogen and oxygen atoms in total. The van der Waals surface area contributed by atoms with Gasteiger partial charge in [0.2, 0.25) is 0 Å². The maximum Gasteiger partial charge on any atom is 0.164 e.